The molecule has 0 aliphatic rings. The average Bonchev–Trinajstić information content (AvgIpc) is 3.17. The highest BCUT2D eigenvalue weighted by Gasteiger charge is 2.11. The van der Waals surface area contributed by atoms with Crippen LogP contribution in [0.25, 0.3) is 22.2 Å². The van der Waals surface area contributed by atoms with Gasteiger partial charge in [0.1, 0.15) is 0 Å². The van der Waals surface area contributed by atoms with Crippen LogP contribution < -0.4 is 0 Å². The molecule has 0 atom stereocenters. The molecule has 0 saturated carbocycles. The Hall–Kier alpha value is -2.41. The molecular weight excluding hydrogens is 379 g/mol. The molecule has 0 aliphatic heterocycles. The van der Waals surface area contributed by atoms with E-state index in [1.165, 1.54) is 11.3 Å². The molecule has 8 heteroatoms. The number of thiazole rings is 1. The van der Waals surface area contributed by atoms with Crippen LogP contribution in [-0.2, 0) is 0 Å². The molecule has 2 aromatic carbocycles. The van der Waals surface area contributed by atoms with Gasteiger partial charge in [0.25, 0.3) is 0 Å². The van der Waals surface area contributed by atoms with Gasteiger partial charge in [-0.2, -0.15) is 0 Å². The largest absolute Gasteiger partial charge is 0.493 e. The number of aromatic nitrogens is 2. The number of H-pyrrole nitrogens is 1. The summed E-state index contributed by atoms with van der Waals surface area (Å²) in [6.45, 7) is 0. The molecule has 2 aromatic heterocycles. The highest BCUT2D eigenvalue weighted by Crippen LogP contribution is 2.37. The zero-order valence-electron chi connectivity index (χ0n) is 12.6. The Bertz CT molecular complexity index is 1100. The molecule has 0 amide bonds. The van der Waals surface area contributed by atoms with Crippen LogP contribution in [0.3, 0.4) is 0 Å². The van der Waals surface area contributed by atoms with Gasteiger partial charge < -0.3 is 10.1 Å². The fraction of sp³-hybridized carbons (Fsp3) is 0. The van der Waals surface area contributed by atoms with Gasteiger partial charge in [-0.25, -0.2) is 4.98 Å². The van der Waals surface area contributed by atoms with E-state index in [0.717, 1.165) is 16.5 Å². The molecule has 5 nitrogen and oxygen atoms in total. The van der Waals surface area contributed by atoms with Crippen LogP contribution in [0, 0.1) is 0 Å². The SMILES string of the molecule is Oc1[nH]c2ccccc2c1N=Nc1nc(-c2ccc(Cl)cc2Cl)cs1. The Labute approximate surface area is 156 Å². The molecule has 4 rings (SSSR count). The summed E-state index contributed by atoms with van der Waals surface area (Å²) in [5.74, 6) is -0.0255. The van der Waals surface area contributed by atoms with Crippen LogP contribution in [0.2, 0.25) is 10.0 Å². The third-order valence-electron chi connectivity index (χ3n) is 3.59. The van der Waals surface area contributed by atoms with Gasteiger partial charge in [-0.3, -0.25) is 0 Å². The van der Waals surface area contributed by atoms with E-state index in [4.69, 9.17) is 23.2 Å². The molecule has 2 heterocycles. The van der Waals surface area contributed by atoms with E-state index in [1.807, 2.05) is 35.7 Å². The second-order valence-corrected chi connectivity index (χ2v) is 6.89. The molecule has 25 heavy (non-hydrogen) atoms. The van der Waals surface area contributed by atoms with Crippen LogP contribution in [0.4, 0.5) is 10.8 Å². The van der Waals surface area contributed by atoms with Gasteiger partial charge in [0.2, 0.25) is 11.0 Å². The Balaban J connectivity index is 1.66. The second-order valence-electron chi connectivity index (χ2n) is 5.21. The fourth-order valence-corrected chi connectivity index (χ4v) is 3.58. The van der Waals surface area contributed by atoms with Crippen molar-refractivity contribution in [1.29, 1.82) is 0 Å². The molecule has 0 saturated heterocycles. The lowest BCUT2D eigenvalue weighted by atomic mass is 10.2. The standard InChI is InChI=1S/C17H10Cl2N4OS/c18-9-5-6-10(12(19)7-9)14-8-25-17(21-14)23-22-15-11-3-1-2-4-13(11)20-16(15)24/h1-8,20,24H. The number of para-hydroxylation sites is 1. The van der Waals surface area contributed by atoms with E-state index >= 15 is 0 Å². The lowest BCUT2D eigenvalue weighted by molar-refractivity contribution is 0.459. The summed E-state index contributed by atoms with van der Waals surface area (Å²) < 4.78 is 0. The number of hydrogen-bond acceptors (Lipinski definition) is 5. The molecule has 4 aromatic rings. The first kappa shape index (κ1) is 16.1. The zero-order chi connectivity index (χ0) is 17.4. The molecule has 0 fully saturated rings. The van der Waals surface area contributed by atoms with Crippen molar-refractivity contribution in [3.8, 4) is 17.1 Å². The second kappa shape index (κ2) is 6.48. The first-order chi connectivity index (χ1) is 12.1. The molecule has 2 N–H and O–H groups in total. The quantitative estimate of drug-likeness (QED) is 0.382. The molecular formula is C17H10Cl2N4OS. The molecule has 0 bridgehead atoms. The minimum atomic E-state index is -0.0255. The van der Waals surface area contributed by atoms with Crippen molar-refractivity contribution < 1.29 is 5.11 Å². The van der Waals surface area contributed by atoms with Gasteiger partial charge in [-0.1, -0.05) is 41.4 Å². The number of rotatable bonds is 3. The maximum atomic E-state index is 10.0. The van der Waals surface area contributed by atoms with Crippen molar-refractivity contribution >= 4 is 56.3 Å². The number of hydrogen-bond donors (Lipinski definition) is 2. The summed E-state index contributed by atoms with van der Waals surface area (Å²) >= 11 is 13.5. The summed E-state index contributed by atoms with van der Waals surface area (Å²) in [5.41, 5.74) is 2.65. The minimum absolute atomic E-state index is 0.0255. The Morgan fingerprint density at radius 2 is 1.92 bits per heavy atom. The fourth-order valence-electron chi connectivity index (χ4n) is 2.44. The summed E-state index contributed by atoms with van der Waals surface area (Å²) in [7, 11) is 0. The highest BCUT2D eigenvalue weighted by atomic mass is 35.5. The number of benzene rings is 2. The third kappa shape index (κ3) is 3.11. The van der Waals surface area contributed by atoms with Gasteiger partial charge >= 0.3 is 0 Å². The van der Waals surface area contributed by atoms with Gasteiger partial charge in [0, 0.05) is 21.4 Å². The van der Waals surface area contributed by atoms with Gasteiger partial charge in [0.05, 0.1) is 16.2 Å². The van der Waals surface area contributed by atoms with Crippen molar-refractivity contribution in [2.24, 2.45) is 10.2 Å². The van der Waals surface area contributed by atoms with Crippen molar-refractivity contribution in [2.45, 2.75) is 0 Å². The highest BCUT2D eigenvalue weighted by molar-refractivity contribution is 7.13. The van der Waals surface area contributed by atoms with Crippen LogP contribution in [0.15, 0.2) is 58.1 Å². The van der Waals surface area contributed by atoms with E-state index in [-0.39, 0.29) is 5.88 Å². The number of halogens is 2. The zero-order valence-corrected chi connectivity index (χ0v) is 14.9. The van der Waals surface area contributed by atoms with E-state index < -0.39 is 0 Å². The van der Waals surface area contributed by atoms with Crippen LogP contribution in [-0.4, -0.2) is 15.1 Å². The number of fused-ring (bicyclic) bond motifs is 1. The number of aromatic hydroxyl groups is 1. The first-order valence-electron chi connectivity index (χ1n) is 7.24. The average molecular weight is 389 g/mol. The van der Waals surface area contributed by atoms with Gasteiger partial charge in [-0.15, -0.1) is 21.6 Å². The number of azo groups is 1. The lowest BCUT2D eigenvalue weighted by Crippen LogP contribution is -1.79. The smallest absolute Gasteiger partial charge is 0.230 e. The van der Waals surface area contributed by atoms with Crippen LogP contribution in [0.1, 0.15) is 0 Å². The van der Waals surface area contributed by atoms with E-state index in [9.17, 15) is 5.11 Å². The lowest BCUT2D eigenvalue weighted by Gasteiger charge is -2.00. The monoisotopic (exact) mass is 388 g/mol. The van der Waals surface area contributed by atoms with Crippen molar-refractivity contribution in [3.05, 3.63) is 57.9 Å². The normalized spacial score (nSPS) is 11.6. The molecule has 0 aliphatic carbocycles. The maximum absolute atomic E-state index is 10.0. The maximum Gasteiger partial charge on any atom is 0.230 e. The predicted molar refractivity (Wildman–Crippen MR) is 102 cm³/mol. The molecule has 124 valence electrons. The Morgan fingerprint density at radius 3 is 2.76 bits per heavy atom. The summed E-state index contributed by atoms with van der Waals surface area (Å²) in [6, 6.07) is 12.7. The third-order valence-corrected chi connectivity index (χ3v) is 4.87. The minimum Gasteiger partial charge on any atom is -0.493 e. The first-order valence-corrected chi connectivity index (χ1v) is 8.88. The van der Waals surface area contributed by atoms with Crippen LogP contribution >= 0.6 is 34.5 Å². The molecule has 0 spiro atoms. The summed E-state index contributed by atoms with van der Waals surface area (Å²) in [5, 5.41) is 22.5. The van der Waals surface area contributed by atoms with Crippen molar-refractivity contribution in [3.63, 3.8) is 0 Å². The van der Waals surface area contributed by atoms with Crippen molar-refractivity contribution in [1.82, 2.24) is 9.97 Å². The Kier molecular flexibility index (Phi) is 4.17. The number of aromatic amines is 1. The van der Waals surface area contributed by atoms with Crippen molar-refractivity contribution in [2.75, 3.05) is 0 Å². The predicted octanol–water partition coefficient (Wildman–Crippen LogP) is 6.72. The van der Waals surface area contributed by atoms with E-state index in [1.54, 1.807) is 12.1 Å². The van der Waals surface area contributed by atoms with Crippen LogP contribution in [0.5, 0.6) is 5.88 Å². The molecule has 0 unspecified atom stereocenters. The van der Waals surface area contributed by atoms with E-state index in [2.05, 4.69) is 20.2 Å². The van der Waals surface area contributed by atoms with Gasteiger partial charge in [0.15, 0.2) is 5.69 Å². The Morgan fingerprint density at radius 1 is 1.08 bits per heavy atom. The van der Waals surface area contributed by atoms with Gasteiger partial charge in [-0.05, 0) is 24.3 Å². The van der Waals surface area contributed by atoms with E-state index in [0.29, 0.717) is 26.6 Å². The summed E-state index contributed by atoms with van der Waals surface area (Å²) in [4.78, 5) is 7.28. The topological polar surface area (TPSA) is 73.6 Å². The number of nitrogens with one attached hydrogen (secondary N) is 1. The molecule has 0 radical (unpaired) electrons. The number of nitrogens with zero attached hydrogens (tertiary/aromatic N) is 3. The summed E-state index contributed by atoms with van der Waals surface area (Å²) in [6.07, 6.45) is 0.